The lowest BCUT2D eigenvalue weighted by Gasteiger charge is -2.10. The summed E-state index contributed by atoms with van der Waals surface area (Å²) in [5, 5.41) is 6.15. The Kier molecular flexibility index (Phi) is 5.08. The molecule has 4 nitrogen and oxygen atoms in total. The van der Waals surface area contributed by atoms with E-state index in [0.29, 0.717) is 0 Å². The van der Waals surface area contributed by atoms with E-state index < -0.39 is 0 Å². The molecule has 4 heterocycles. The average molecular weight is 611 g/mol. The van der Waals surface area contributed by atoms with Gasteiger partial charge in [0, 0.05) is 50.6 Å². The summed E-state index contributed by atoms with van der Waals surface area (Å²) in [4.78, 5) is 9.71. The van der Waals surface area contributed by atoms with Gasteiger partial charge in [0.25, 0.3) is 0 Å². The first-order valence-corrected chi connectivity index (χ1v) is 16.3. The third kappa shape index (κ3) is 3.43. The van der Waals surface area contributed by atoms with Gasteiger partial charge < -0.3 is 4.57 Å². The number of para-hydroxylation sites is 3. The molecule has 4 aromatic heterocycles. The number of benzene rings is 6. The Bertz CT molecular complexity index is 2940. The normalized spacial score (nSPS) is 12.2. The van der Waals surface area contributed by atoms with Gasteiger partial charge in [-0.1, -0.05) is 78.9 Å². The Morgan fingerprint density at radius 1 is 0.396 bits per heavy atom. The average Bonchev–Trinajstić information content (AvgIpc) is 3.78. The molecule has 10 aromatic rings. The van der Waals surface area contributed by atoms with Crippen molar-refractivity contribution in [2.45, 2.75) is 0 Å². The summed E-state index contributed by atoms with van der Waals surface area (Å²) < 4.78 is 4.68. The van der Waals surface area contributed by atoms with Gasteiger partial charge in [0.05, 0.1) is 27.6 Å². The summed E-state index contributed by atoms with van der Waals surface area (Å²) in [7, 11) is 0. The SMILES string of the molecule is c1ccc(-n2c3ccccc3c3cc(-c4ccc5c(c4)c4ccccc4n5-c4cc5c(cn4)-c4cccc6nccc-5c46)ccc32)cc1. The zero-order valence-electron chi connectivity index (χ0n) is 25.8. The summed E-state index contributed by atoms with van der Waals surface area (Å²) in [5.74, 6) is 0.917. The highest BCUT2D eigenvalue weighted by Gasteiger charge is 2.24. The van der Waals surface area contributed by atoms with E-state index in [0.717, 1.165) is 22.4 Å². The highest BCUT2D eigenvalue weighted by molar-refractivity contribution is 6.15. The molecule has 0 unspecified atom stereocenters. The van der Waals surface area contributed by atoms with Crippen LogP contribution in [0.15, 0.2) is 158 Å². The van der Waals surface area contributed by atoms with Crippen molar-refractivity contribution in [1.29, 1.82) is 0 Å². The molecule has 0 aliphatic heterocycles. The first-order chi connectivity index (χ1) is 23.8. The summed E-state index contributed by atoms with van der Waals surface area (Å²) in [6, 6.07) is 52.5. The van der Waals surface area contributed by atoms with Crippen LogP contribution in [0, 0.1) is 0 Å². The quantitative estimate of drug-likeness (QED) is 0.199. The van der Waals surface area contributed by atoms with Crippen LogP contribution in [0.1, 0.15) is 0 Å². The molecule has 0 N–H and O–H groups in total. The van der Waals surface area contributed by atoms with Crippen LogP contribution < -0.4 is 0 Å². The van der Waals surface area contributed by atoms with Gasteiger partial charge in [-0.2, -0.15) is 0 Å². The van der Waals surface area contributed by atoms with Crippen LogP contribution in [0.5, 0.6) is 0 Å². The molecule has 0 amide bonds. The molecule has 0 fully saturated rings. The van der Waals surface area contributed by atoms with Crippen molar-refractivity contribution in [3.05, 3.63) is 158 Å². The zero-order valence-corrected chi connectivity index (χ0v) is 25.8. The molecule has 0 atom stereocenters. The molecular formula is C44H26N4. The van der Waals surface area contributed by atoms with Gasteiger partial charge in [0.1, 0.15) is 5.82 Å². The van der Waals surface area contributed by atoms with Gasteiger partial charge in [-0.15, -0.1) is 0 Å². The van der Waals surface area contributed by atoms with E-state index in [1.807, 2.05) is 12.4 Å². The molecule has 222 valence electrons. The number of fused-ring (bicyclic) bond motifs is 9. The molecule has 0 spiro atoms. The van der Waals surface area contributed by atoms with Gasteiger partial charge in [0.2, 0.25) is 0 Å². The lowest BCUT2D eigenvalue weighted by Crippen LogP contribution is -1.98. The topological polar surface area (TPSA) is 35.6 Å². The second kappa shape index (κ2) is 9.50. The number of hydrogen-bond acceptors (Lipinski definition) is 2. The highest BCUT2D eigenvalue weighted by Crippen LogP contribution is 2.47. The molecule has 0 saturated carbocycles. The molecule has 0 saturated heterocycles. The van der Waals surface area contributed by atoms with Crippen LogP contribution in [0.3, 0.4) is 0 Å². The molecule has 1 aliphatic rings. The highest BCUT2D eigenvalue weighted by atomic mass is 15.1. The lowest BCUT2D eigenvalue weighted by molar-refractivity contribution is 1.08. The maximum absolute atomic E-state index is 5.07. The Hall–Kier alpha value is -6.52. The van der Waals surface area contributed by atoms with Gasteiger partial charge in [0.15, 0.2) is 0 Å². The van der Waals surface area contributed by atoms with Crippen LogP contribution in [0.4, 0.5) is 0 Å². The second-order valence-electron chi connectivity index (χ2n) is 12.7. The molecule has 1 aliphatic carbocycles. The Morgan fingerprint density at radius 3 is 1.77 bits per heavy atom. The largest absolute Gasteiger partial charge is 0.309 e. The van der Waals surface area contributed by atoms with Crippen LogP contribution in [0.25, 0.3) is 99.4 Å². The van der Waals surface area contributed by atoms with Crippen molar-refractivity contribution in [1.82, 2.24) is 19.1 Å². The standard InChI is InChI=1S/C44H26N4/c1-2-9-29(10-3-1)47-39-15-6-4-11-30(39)35-23-27(17-19-41(35)47)28-18-20-42-36(24-28)31-12-5-7-16-40(31)48(42)43-25-34-33-21-22-45-38-14-8-13-32(44(33)38)37(34)26-46-43/h1-26H. The molecule has 4 heteroatoms. The molecule has 0 radical (unpaired) electrons. The maximum atomic E-state index is 5.07. The van der Waals surface area contributed by atoms with Crippen LogP contribution in [0.2, 0.25) is 0 Å². The number of aromatic nitrogens is 4. The third-order valence-corrected chi connectivity index (χ3v) is 10.2. The summed E-state index contributed by atoms with van der Waals surface area (Å²) in [6.45, 7) is 0. The van der Waals surface area contributed by atoms with Gasteiger partial charge in [-0.25, -0.2) is 4.98 Å². The van der Waals surface area contributed by atoms with Gasteiger partial charge >= 0.3 is 0 Å². The van der Waals surface area contributed by atoms with E-state index in [9.17, 15) is 0 Å². The monoisotopic (exact) mass is 610 g/mol. The minimum atomic E-state index is 0.917. The smallest absolute Gasteiger partial charge is 0.138 e. The minimum Gasteiger partial charge on any atom is -0.309 e. The molecular weight excluding hydrogens is 585 g/mol. The maximum Gasteiger partial charge on any atom is 0.138 e. The fourth-order valence-corrected chi connectivity index (χ4v) is 8.07. The van der Waals surface area contributed by atoms with Gasteiger partial charge in [-0.3, -0.25) is 9.55 Å². The lowest BCUT2D eigenvalue weighted by atomic mass is 10.0. The second-order valence-corrected chi connectivity index (χ2v) is 12.7. The van der Waals surface area contributed by atoms with Crippen LogP contribution in [-0.4, -0.2) is 19.1 Å². The zero-order chi connectivity index (χ0) is 31.3. The van der Waals surface area contributed by atoms with Gasteiger partial charge in [-0.05, 0) is 94.5 Å². The Morgan fingerprint density at radius 2 is 1.02 bits per heavy atom. The summed E-state index contributed by atoms with van der Waals surface area (Å²) >= 11 is 0. The van der Waals surface area contributed by atoms with E-state index in [1.54, 1.807) is 0 Å². The summed E-state index contributed by atoms with van der Waals surface area (Å²) in [6.07, 6.45) is 3.95. The summed E-state index contributed by atoms with van der Waals surface area (Å²) in [5.41, 5.74) is 14.1. The molecule has 0 bridgehead atoms. The van der Waals surface area contributed by atoms with Crippen LogP contribution >= 0.6 is 0 Å². The predicted molar refractivity (Wildman–Crippen MR) is 198 cm³/mol. The first-order valence-electron chi connectivity index (χ1n) is 16.3. The van der Waals surface area contributed by atoms with E-state index >= 15 is 0 Å². The Balaban J connectivity index is 1.10. The van der Waals surface area contributed by atoms with E-state index in [1.165, 1.54) is 77.0 Å². The molecule has 48 heavy (non-hydrogen) atoms. The third-order valence-electron chi connectivity index (χ3n) is 10.2. The number of nitrogens with zero attached hydrogens (tertiary/aromatic N) is 4. The predicted octanol–water partition coefficient (Wildman–Crippen LogP) is 11.1. The number of hydrogen-bond donors (Lipinski definition) is 0. The Labute approximate surface area is 275 Å². The van der Waals surface area contributed by atoms with Crippen molar-refractivity contribution in [3.8, 4) is 44.9 Å². The molecule has 6 aromatic carbocycles. The fraction of sp³-hybridized carbons (Fsp3) is 0. The van der Waals surface area contributed by atoms with Crippen molar-refractivity contribution in [2.75, 3.05) is 0 Å². The van der Waals surface area contributed by atoms with Crippen molar-refractivity contribution < 1.29 is 0 Å². The van der Waals surface area contributed by atoms with Crippen molar-refractivity contribution in [2.24, 2.45) is 0 Å². The van der Waals surface area contributed by atoms with Crippen molar-refractivity contribution in [3.63, 3.8) is 0 Å². The van der Waals surface area contributed by atoms with Crippen molar-refractivity contribution >= 4 is 54.5 Å². The molecule has 11 rings (SSSR count). The van der Waals surface area contributed by atoms with E-state index in [-0.39, 0.29) is 0 Å². The fourth-order valence-electron chi connectivity index (χ4n) is 8.07. The number of pyridine rings is 2. The minimum absolute atomic E-state index is 0.917. The first kappa shape index (κ1) is 25.6. The van der Waals surface area contributed by atoms with Crippen LogP contribution in [-0.2, 0) is 0 Å². The van der Waals surface area contributed by atoms with E-state index in [2.05, 4.69) is 160 Å². The van der Waals surface area contributed by atoms with E-state index in [4.69, 9.17) is 4.98 Å². The number of rotatable bonds is 3.